The van der Waals surface area contributed by atoms with E-state index in [0.29, 0.717) is 30.5 Å². The summed E-state index contributed by atoms with van der Waals surface area (Å²) in [7, 11) is 1.79. The van der Waals surface area contributed by atoms with Gasteiger partial charge in [-0.1, -0.05) is 0 Å². The van der Waals surface area contributed by atoms with Crippen LogP contribution in [0.2, 0.25) is 0 Å². The smallest absolute Gasteiger partial charge is 0.189 e. The highest BCUT2D eigenvalue weighted by molar-refractivity contribution is 6.28. The number of hydrogen-bond acceptors (Lipinski definition) is 5. The summed E-state index contributed by atoms with van der Waals surface area (Å²) in [6.07, 6.45) is 0. The Balaban J connectivity index is 3.02. The Morgan fingerprint density at radius 1 is 1.00 bits per heavy atom. The fourth-order valence-corrected chi connectivity index (χ4v) is 0.780. The molecule has 0 bridgehead atoms. The zero-order valence-corrected chi connectivity index (χ0v) is 6.41. The molecule has 11 heavy (non-hydrogen) atoms. The van der Waals surface area contributed by atoms with Crippen molar-refractivity contribution < 1.29 is 0 Å². The molecular formula is C5H10BN5. The lowest BCUT2D eigenvalue weighted by Crippen LogP contribution is -2.22. The topological polar surface area (TPSA) is 90.7 Å². The molecule has 1 aromatic rings. The Labute approximate surface area is 65.7 Å². The highest BCUT2D eigenvalue weighted by Crippen LogP contribution is 1.85. The highest BCUT2D eigenvalue weighted by atomic mass is 15.0. The fraction of sp³-hybridized carbons (Fsp3) is 0.400. The average molecular weight is 151 g/mol. The van der Waals surface area contributed by atoms with Crippen molar-refractivity contribution >= 4 is 13.6 Å². The van der Waals surface area contributed by atoms with Crippen LogP contribution in [0.4, 0.5) is 0 Å². The number of rotatable bonds is 2. The monoisotopic (exact) mass is 151 g/mol. The van der Waals surface area contributed by atoms with Crippen LogP contribution in [-0.4, -0.2) is 22.8 Å². The van der Waals surface area contributed by atoms with Crippen LogP contribution in [0.1, 0.15) is 11.6 Å². The molecule has 0 spiro atoms. The van der Waals surface area contributed by atoms with Crippen LogP contribution in [0, 0.1) is 0 Å². The summed E-state index contributed by atoms with van der Waals surface area (Å²) in [6.45, 7) is 0.659. The fourth-order valence-electron chi connectivity index (χ4n) is 0.780. The lowest BCUT2D eigenvalue weighted by atomic mass is 10.1. The van der Waals surface area contributed by atoms with Gasteiger partial charge in [-0.05, 0) is 0 Å². The molecule has 0 aliphatic heterocycles. The standard InChI is InChI=1S/C5H10BN5/c6-5-10-3(1-7)9-4(2-8)11-5/h1-2,6-8H2. The number of hydrogen-bond donors (Lipinski definition) is 2. The van der Waals surface area contributed by atoms with Crippen molar-refractivity contribution in [3.05, 3.63) is 11.6 Å². The van der Waals surface area contributed by atoms with E-state index in [9.17, 15) is 0 Å². The van der Waals surface area contributed by atoms with E-state index in [1.54, 1.807) is 7.85 Å². The molecule has 1 aromatic heterocycles. The molecular weight excluding hydrogens is 141 g/mol. The van der Waals surface area contributed by atoms with Gasteiger partial charge in [-0.25, -0.2) is 15.0 Å². The van der Waals surface area contributed by atoms with E-state index in [4.69, 9.17) is 11.5 Å². The van der Waals surface area contributed by atoms with Crippen molar-refractivity contribution in [2.24, 2.45) is 11.5 Å². The second-order valence-electron chi connectivity index (χ2n) is 2.12. The van der Waals surface area contributed by atoms with Crippen LogP contribution in [0.25, 0.3) is 0 Å². The van der Waals surface area contributed by atoms with E-state index in [0.717, 1.165) is 0 Å². The molecule has 0 aliphatic carbocycles. The van der Waals surface area contributed by atoms with Crippen molar-refractivity contribution in [1.29, 1.82) is 0 Å². The molecule has 1 rings (SSSR count). The molecule has 5 nitrogen and oxygen atoms in total. The van der Waals surface area contributed by atoms with Crippen molar-refractivity contribution in [2.75, 3.05) is 0 Å². The lowest BCUT2D eigenvalue weighted by molar-refractivity contribution is 0.819. The van der Waals surface area contributed by atoms with E-state index >= 15 is 0 Å². The van der Waals surface area contributed by atoms with Gasteiger partial charge >= 0.3 is 0 Å². The highest BCUT2D eigenvalue weighted by Gasteiger charge is 1.98. The van der Waals surface area contributed by atoms with Crippen LogP contribution < -0.4 is 17.2 Å². The van der Waals surface area contributed by atoms with Gasteiger partial charge in [0.25, 0.3) is 0 Å². The van der Waals surface area contributed by atoms with Crippen LogP contribution >= 0.6 is 0 Å². The van der Waals surface area contributed by atoms with Crippen molar-refractivity contribution in [3.63, 3.8) is 0 Å². The van der Waals surface area contributed by atoms with Gasteiger partial charge in [-0.3, -0.25) is 0 Å². The summed E-state index contributed by atoms with van der Waals surface area (Å²) in [5, 5.41) is 0. The quantitative estimate of drug-likeness (QED) is 0.441. The van der Waals surface area contributed by atoms with E-state index in [2.05, 4.69) is 15.0 Å². The Kier molecular flexibility index (Phi) is 2.51. The normalized spacial score (nSPS) is 10.0. The molecule has 0 aliphatic rings. The Morgan fingerprint density at radius 2 is 1.45 bits per heavy atom. The second kappa shape index (κ2) is 3.40. The first-order valence-corrected chi connectivity index (χ1v) is 3.37. The maximum atomic E-state index is 5.35. The largest absolute Gasteiger partial charge is 0.324 e. The summed E-state index contributed by atoms with van der Waals surface area (Å²) in [5.74, 6) is 1.19. The third-order valence-corrected chi connectivity index (χ3v) is 1.20. The van der Waals surface area contributed by atoms with Crippen molar-refractivity contribution in [2.45, 2.75) is 13.1 Å². The minimum atomic E-state index is 0.330. The molecule has 0 saturated carbocycles. The third kappa shape index (κ3) is 1.96. The molecule has 6 heteroatoms. The summed E-state index contributed by atoms with van der Waals surface area (Å²) in [5.41, 5.74) is 11.4. The maximum Gasteiger partial charge on any atom is 0.189 e. The second-order valence-corrected chi connectivity index (χ2v) is 2.12. The third-order valence-electron chi connectivity index (χ3n) is 1.20. The molecule has 0 unspecified atom stereocenters. The van der Waals surface area contributed by atoms with Crippen molar-refractivity contribution in [3.8, 4) is 0 Å². The van der Waals surface area contributed by atoms with Gasteiger partial charge in [-0.15, -0.1) is 0 Å². The summed E-state index contributed by atoms with van der Waals surface area (Å²) >= 11 is 0. The van der Waals surface area contributed by atoms with Gasteiger partial charge in [-0.2, -0.15) is 0 Å². The summed E-state index contributed by atoms with van der Waals surface area (Å²) < 4.78 is 0. The average Bonchev–Trinajstić information content (AvgIpc) is 2.03. The maximum absolute atomic E-state index is 5.35. The van der Waals surface area contributed by atoms with Gasteiger partial charge in [0.1, 0.15) is 11.6 Å². The molecule has 58 valence electrons. The predicted molar refractivity (Wildman–Crippen MR) is 43.8 cm³/mol. The van der Waals surface area contributed by atoms with Crippen LogP contribution in [0.3, 0.4) is 0 Å². The van der Waals surface area contributed by atoms with Crippen molar-refractivity contribution in [1.82, 2.24) is 15.0 Å². The summed E-state index contributed by atoms with van der Waals surface area (Å²) in [6, 6.07) is 0. The lowest BCUT2D eigenvalue weighted by Gasteiger charge is -2.00. The molecule has 0 amide bonds. The molecule has 0 atom stereocenters. The predicted octanol–water partition coefficient (Wildman–Crippen LogP) is -2.95. The first-order chi connectivity index (χ1) is 5.26. The Hall–Kier alpha value is -1.01. The van der Waals surface area contributed by atoms with Gasteiger partial charge in [0.2, 0.25) is 0 Å². The van der Waals surface area contributed by atoms with E-state index < -0.39 is 0 Å². The molecule has 4 N–H and O–H groups in total. The zero-order valence-electron chi connectivity index (χ0n) is 6.41. The van der Waals surface area contributed by atoms with Gasteiger partial charge in [0, 0.05) is 0 Å². The van der Waals surface area contributed by atoms with Crippen LogP contribution in [0.15, 0.2) is 0 Å². The summed E-state index contributed by atoms with van der Waals surface area (Å²) in [4.78, 5) is 12.0. The first kappa shape index (κ1) is 8.09. The van der Waals surface area contributed by atoms with Gasteiger partial charge in [0.05, 0.1) is 18.8 Å². The number of nitrogens with zero attached hydrogens (tertiary/aromatic N) is 3. The number of aromatic nitrogens is 3. The van der Waals surface area contributed by atoms with E-state index in [-0.39, 0.29) is 0 Å². The molecule has 0 radical (unpaired) electrons. The molecule has 0 saturated heterocycles. The molecule has 1 heterocycles. The van der Waals surface area contributed by atoms with E-state index in [1.807, 2.05) is 0 Å². The minimum absolute atomic E-state index is 0.330. The van der Waals surface area contributed by atoms with Gasteiger partial charge in [0.15, 0.2) is 7.85 Å². The van der Waals surface area contributed by atoms with E-state index in [1.165, 1.54) is 0 Å². The van der Waals surface area contributed by atoms with Crippen LogP contribution in [-0.2, 0) is 13.1 Å². The zero-order chi connectivity index (χ0) is 8.27. The SMILES string of the molecule is Bc1nc(CN)nc(CN)n1. The molecule has 0 aromatic carbocycles. The first-order valence-electron chi connectivity index (χ1n) is 3.37. The Morgan fingerprint density at radius 3 is 1.82 bits per heavy atom. The van der Waals surface area contributed by atoms with Gasteiger partial charge < -0.3 is 11.5 Å². The Bertz CT molecular complexity index is 228. The van der Waals surface area contributed by atoms with Crippen LogP contribution in [0.5, 0.6) is 0 Å². The molecule has 0 fully saturated rings. The minimum Gasteiger partial charge on any atom is -0.324 e. The number of nitrogens with two attached hydrogens (primary N) is 2.